The number of halogens is 1. The van der Waals surface area contributed by atoms with E-state index in [9.17, 15) is 0 Å². The first-order chi connectivity index (χ1) is 4.73. The number of hydrogen-bond donors (Lipinski definition) is 3. The number of allylic oxidation sites excluding steroid dienone is 2. The predicted octanol–water partition coefficient (Wildman–Crippen LogP) is 1.20. The van der Waals surface area contributed by atoms with Crippen LogP contribution >= 0.6 is 37.2 Å². The lowest BCUT2D eigenvalue weighted by atomic mass is 10.6. The number of rotatable bonds is 0. The first-order valence-electron chi connectivity index (χ1n) is 2.38. The van der Waals surface area contributed by atoms with Gasteiger partial charge in [-0.15, -0.1) is 17.0 Å². The minimum absolute atomic E-state index is 0. The summed E-state index contributed by atoms with van der Waals surface area (Å²) in [7, 11) is -3.13. The van der Waals surface area contributed by atoms with Gasteiger partial charge in [0.25, 0.3) is 0 Å². The van der Waals surface area contributed by atoms with E-state index in [1.807, 2.05) is 23.8 Å². The lowest BCUT2D eigenvalue weighted by molar-refractivity contribution is 0.405. The van der Waals surface area contributed by atoms with Crippen LogP contribution in [0.3, 0.4) is 0 Å². The molecule has 1 heterocycles. The van der Waals surface area contributed by atoms with Crippen LogP contribution in [0.15, 0.2) is 23.8 Å². The van der Waals surface area contributed by atoms with E-state index in [1.54, 1.807) is 11.9 Å². The standard InChI is InChI=1S/C4H5NS.BrH.H3O3P/c1-2-4-6-5-3-1;;1-4(2)3/h1-5H;1H;4H,(H2,1,2,3). The average Bonchev–Trinajstić information content (AvgIpc) is 1.90. The van der Waals surface area contributed by atoms with Gasteiger partial charge in [0.05, 0.1) is 0 Å². The van der Waals surface area contributed by atoms with Crippen molar-refractivity contribution in [3.05, 3.63) is 23.8 Å². The van der Waals surface area contributed by atoms with Crippen LogP contribution in [0, 0.1) is 0 Å². The summed E-state index contributed by atoms with van der Waals surface area (Å²) in [5, 5.41) is 1.99. The van der Waals surface area contributed by atoms with Crippen molar-refractivity contribution in [2.45, 2.75) is 0 Å². The summed E-state index contributed by atoms with van der Waals surface area (Å²) in [6.45, 7) is 0. The smallest absolute Gasteiger partial charge is 0.314 e. The van der Waals surface area contributed by atoms with Crippen LogP contribution in [0.25, 0.3) is 0 Å². The molecule has 0 spiro atoms. The Morgan fingerprint density at radius 2 is 1.91 bits per heavy atom. The summed E-state index contributed by atoms with van der Waals surface area (Å²) in [6, 6.07) is 0. The van der Waals surface area contributed by atoms with Gasteiger partial charge < -0.3 is 14.5 Å². The minimum atomic E-state index is -3.13. The molecule has 4 nitrogen and oxygen atoms in total. The maximum absolute atomic E-state index is 8.74. The molecule has 0 aromatic heterocycles. The first-order valence-corrected chi connectivity index (χ1v) is 4.56. The third-order valence-electron chi connectivity index (χ3n) is 0.490. The number of nitrogens with one attached hydrogen (secondary N) is 1. The second kappa shape index (κ2) is 10.3. The number of hydrogen-bond acceptors (Lipinski definition) is 3. The van der Waals surface area contributed by atoms with Gasteiger partial charge in [0.1, 0.15) is 0 Å². The molecule has 11 heavy (non-hydrogen) atoms. The van der Waals surface area contributed by atoms with Gasteiger partial charge in [-0.05, 0) is 23.4 Å². The molecule has 0 radical (unpaired) electrons. The highest BCUT2D eigenvalue weighted by atomic mass is 79.9. The monoisotopic (exact) mass is 261 g/mol. The highest BCUT2D eigenvalue weighted by Gasteiger charge is 1.74. The molecule has 0 amide bonds. The predicted molar refractivity (Wildman–Crippen MR) is 52.8 cm³/mol. The lowest BCUT2D eigenvalue weighted by Gasteiger charge is -1.93. The highest BCUT2D eigenvalue weighted by Crippen LogP contribution is 1.99. The molecule has 7 heteroatoms. The molecule has 1 aliphatic rings. The molecule has 0 aliphatic carbocycles. The third kappa shape index (κ3) is 17.9. The van der Waals surface area contributed by atoms with Gasteiger partial charge in [0, 0.05) is 6.20 Å². The Labute approximate surface area is 80.2 Å². The second-order valence-electron chi connectivity index (χ2n) is 1.21. The lowest BCUT2D eigenvalue weighted by Crippen LogP contribution is -1.88. The van der Waals surface area contributed by atoms with Crippen molar-refractivity contribution >= 4 is 37.2 Å². The fraction of sp³-hybridized carbons (Fsp3) is 0. The molecule has 66 valence electrons. The fourth-order valence-corrected chi connectivity index (χ4v) is 0.663. The molecule has 1 aliphatic heterocycles. The summed E-state index contributed by atoms with van der Waals surface area (Å²) < 4.78 is 11.7. The molecule has 0 fully saturated rings. The van der Waals surface area contributed by atoms with E-state index in [2.05, 4.69) is 4.72 Å². The quantitative estimate of drug-likeness (QED) is 0.452. The van der Waals surface area contributed by atoms with Crippen LogP contribution in [-0.2, 0) is 4.57 Å². The van der Waals surface area contributed by atoms with Gasteiger partial charge in [-0.3, -0.25) is 4.57 Å². The zero-order valence-corrected chi connectivity index (χ0v) is 8.96. The van der Waals surface area contributed by atoms with Crippen molar-refractivity contribution in [2.75, 3.05) is 0 Å². The van der Waals surface area contributed by atoms with Crippen molar-refractivity contribution in [1.29, 1.82) is 0 Å². The molecule has 0 atom stereocenters. The molecule has 0 aromatic rings. The molecule has 0 aromatic carbocycles. The van der Waals surface area contributed by atoms with E-state index in [-0.39, 0.29) is 17.0 Å². The zero-order chi connectivity index (χ0) is 7.82. The SMILES string of the molecule is Br.C1=CNSC=C1.O=[PH](O)O. The van der Waals surface area contributed by atoms with Crippen LogP contribution in [0.2, 0.25) is 0 Å². The summed E-state index contributed by atoms with van der Waals surface area (Å²) >= 11 is 1.58. The largest absolute Gasteiger partial charge is 0.333 e. The van der Waals surface area contributed by atoms with Crippen LogP contribution < -0.4 is 4.72 Å². The van der Waals surface area contributed by atoms with Crippen LogP contribution in [0.1, 0.15) is 0 Å². The Hall–Kier alpha value is 0.260. The molecule has 0 saturated heterocycles. The van der Waals surface area contributed by atoms with Gasteiger partial charge >= 0.3 is 8.25 Å². The van der Waals surface area contributed by atoms with E-state index < -0.39 is 8.25 Å². The molecular weight excluding hydrogens is 253 g/mol. The Morgan fingerprint density at radius 1 is 1.36 bits per heavy atom. The molecule has 0 bridgehead atoms. The third-order valence-corrected chi connectivity index (χ3v) is 1.06. The summed E-state index contributed by atoms with van der Waals surface area (Å²) in [6.07, 6.45) is 5.84. The van der Waals surface area contributed by atoms with Gasteiger partial charge in [-0.2, -0.15) is 0 Å². The van der Waals surface area contributed by atoms with Gasteiger partial charge in [0.2, 0.25) is 0 Å². The second-order valence-corrected chi connectivity index (χ2v) is 2.51. The Kier molecular flexibility index (Phi) is 12.9. The van der Waals surface area contributed by atoms with Gasteiger partial charge in [-0.1, -0.05) is 6.08 Å². The van der Waals surface area contributed by atoms with E-state index in [4.69, 9.17) is 14.4 Å². The molecule has 1 rings (SSSR count). The minimum Gasteiger partial charge on any atom is -0.333 e. The first kappa shape index (κ1) is 13.8. The topological polar surface area (TPSA) is 69.6 Å². The van der Waals surface area contributed by atoms with Gasteiger partial charge in [0.15, 0.2) is 0 Å². The molecule has 0 unspecified atom stereocenters. The van der Waals surface area contributed by atoms with Crippen molar-refractivity contribution in [3.63, 3.8) is 0 Å². The molecular formula is C4H9BrNO3PS. The van der Waals surface area contributed by atoms with E-state index in [0.29, 0.717) is 0 Å². The van der Waals surface area contributed by atoms with E-state index in [1.165, 1.54) is 0 Å². The Morgan fingerprint density at radius 3 is 2.00 bits per heavy atom. The zero-order valence-electron chi connectivity index (χ0n) is 5.43. The Balaban J connectivity index is 0. The highest BCUT2D eigenvalue weighted by molar-refractivity contribution is 8.93. The van der Waals surface area contributed by atoms with Crippen molar-refractivity contribution in [3.8, 4) is 0 Å². The van der Waals surface area contributed by atoms with Crippen LogP contribution in [0.5, 0.6) is 0 Å². The van der Waals surface area contributed by atoms with Crippen molar-refractivity contribution in [1.82, 2.24) is 4.72 Å². The van der Waals surface area contributed by atoms with Crippen molar-refractivity contribution < 1.29 is 14.4 Å². The summed E-state index contributed by atoms with van der Waals surface area (Å²) in [5.41, 5.74) is 0. The maximum atomic E-state index is 8.74. The van der Waals surface area contributed by atoms with E-state index >= 15 is 0 Å². The summed E-state index contributed by atoms with van der Waals surface area (Å²) in [5.74, 6) is 0. The molecule has 3 N–H and O–H groups in total. The van der Waals surface area contributed by atoms with Crippen LogP contribution in [0.4, 0.5) is 0 Å². The van der Waals surface area contributed by atoms with Crippen LogP contribution in [-0.4, -0.2) is 9.79 Å². The van der Waals surface area contributed by atoms with Gasteiger partial charge in [-0.25, -0.2) is 0 Å². The maximum Gasteiger partial charge on any atom is 0.314 e. The summed E-state index contributed by atoms with van der Waals surface area (Å²) in [4.78, 5) is 14.3. The van der Waals surface area contributed by atoms with E-state index in [0.717, 1.165) is 0 Å². The average molecular weight is 262 g/mol. The Bertz CT molecular complexity index is 147. The molecule has 0 saturated carbocycles. The normalized spacial score (nSPS) is 12.6. The van der Waals surface area contributed by atoms with Crippen molar-refractivity contribution in [2.24, 2.45) is 0 Å². The fourth-order valence-electron chi connectivity index (χ4n) is 0.258.